The molecule has 0 bridgehead atoms. The van der Waals surface area contributed by atoms with Gasteiger partial charge >= 0.3 is 0 Å². The van der Waals surface area contributed by atoms with E-state index in [4.69, 9.17) is 15.2 Å². The molecule has 18 heavy (non-hydrogen) atoms. The number of ether oxygens (including phenoxy) is 2. The van der Waals surface area contributed by atoms with E-state index < -0.39 is 0 Å². The summed E-state index contributed by atoms with van der Waals surface area (Å²) in [6.45, 7) is 0. The third kappa shape index (κ3) is 1.60. The van der Waals surface area contributed by atoms with Gasteiger partial charge in [-0.15, -0.1) is 0 Å². The molecule has 2 aromatic rings. The Bertz CT molecular complexity index is 575. The van der Waals surface area contributed by atoms with Crippen molar-refractivity contribution in [2.24, 2.45) is 0 Å². The molecule has 2 aromatic heterocycles. The highest BCUT2D eigenvalue weighted by atomic mass is 16.5. The van der Waals surface area contributed by atoms with Gasteiger partial charge in [0, 0.05) is 19.2 Å². The van der Waals surface area contributed by atoms with E-state index in [-0.39, 0.29) is 0 Å². The van der Waals surface area contributed by atoms with Gasteiger partial charge in [0.15, 0.2) is 5.65 Å². The summed E-state index contributed by atoms with van der Waals surface area (Å²) in [7, 11) is 3.33. The quantitative estimate of drug-likeness (QED) is 0.888. The van der Waals surface area contributed by atoms with Gasteiger partial charge in [-0.2, -0.15) is 4.98 Å². The smallest absolute Gasteiger partial charge is 0.215 e. The van der Waals surface area contributed by atoms with E-state index in [1.54, 1.807) is 20.3 Å². The Kier molecular flexibility index (Phi) is 2.59. The van der Waals surface area contributed by atoms with Gasteiger partial charge < -0.3 is 15.2 Å². The van der Waals surface area contributed by atoms with Crippen LogP contribution in [0.3, 0.4) is 0 Å². The lowest BCUT2D eigenvalue weighted by molar-refractivity contribution is 0.00783. The minimum atomic E-state index is 0.317. The van der Waals surface area contributed by atoms with Crippen LogP contribution in [0.2, 0.25) is 0 Å². The fourth-order valence-corrected chi connectivity index (χ4v) is 2.39. The lowest BCUT2D eigenvalue weighted by atomic mass is 9.89. The number of fused-ring (bicyclic) bond motifs is 1. The van der Waals surface area contributed by atoms with Crippen LogP contribution in [0, 0.1) is 0 Å². The summed E-state index contributed by atoms with van der Waals surface area (Å²) < 4.78 is 12.4. The van der Waals surface area contributed by atoms with Gasteiger partial charge in [0.2, 0.25) is 11.8 Å². The van der Waals surface area contributed by atoms with Gasteiger partial charge in [-0.05, 0) is 18.9 Å². The molecule has 6 heteroatoms. The molecule has 2 N–H and O–H groups in total. The molecule has 1 aliphatic carbocycles. The highest BCUT2D eigenvalue weighted by Crippen LogP contribution is 2.37. The van der Waals surface area contributed by atoms with Gasteiger partial charge in [0.05, 0.1) is 13.2 Å². The van der Waals surface area contributed by atoms with E-state index in [1.807, 2.05) is 10.6 Å². The molecule has 0 saturated heterocycles. The van der Waals surface area contributed by atoms with Crippen molar-refractivity contribution in [1.29, 1.82) is 0 Å². The van der Waals surface area contributed by atoms with E-state index in [2.05, 4.69) is 9.97 Å². The van der Waals surface area contributed by atoms with Crippen molar-refractivity contribution in [1.82, 2.24) is 14.5 Å². The zero-order valence-electron chi connectivity index (χ0n) is 10.5. The first kappa shape index (κ1) is 11.3. The van der Waals surface area contributed by atoms with Crippen LogP contribution < -0.4 is 10.5 Å². The molecule has 0 atom stereocenters. The second kappa shape index (κ2) is 4.13. The topological polar surface area (TPSA) is 75.2 Å². The largest absolute Gasteiger partial charge is 0.481 e. The summed E-state index contributed by atoms with van der Waals surface area (Å²) >= 11 is 0. The number of hydrogen-bond acceptors (Lipinski definition) is 5. The van der Waals surface area contributed by atoms with Crippen LogP contribution in [0.25, 0.3) is 11.2 Å². The maximum atomic E-state index is 5.97. The number of pyridine rings is 1. The van der Waals surface area contributed by atoms with Gasteiger partial charge in [0.25, 0.3) is 0 Å². The Morgan fingerprint density at radius 3 is 2.72 bits per heavy atom. The predicted molar refractivity (Wildman–Crippen MR) is 67.6 cm³/mol. The summed E-state index contributed by atoms with van der Waals surface area (Å²) in [5.41, 5.74) is 7.56. The van der Waals surface area contributed by atoms with E-state index >= 15 is 0 Å². The average molecular weight is 248 g/mol. The number of rotatable bonds is 3. The molecular weight excluding hydrogens is 232 g/mol. The molecule has 0 aliphatic heterocycles. The Hall–Kier alpha value is -1.82. The van der Waals surface area contributed by atoms with Gasteiger partial charge in [0.1, 0.15) is 5.52 Å². The molecular formula is C12H16N4O2. The first-order chi connectivity index (χ1) is 8.72. The van der Waals surface area contributed by atoms with Crippen LogP contribution in [0.1, 0.15) is 18.9 Å². The fraction of sp³-hybridized carbons (Fsp3) is 0.500. The Balaban J connectivity index is 2.02. The van der Waals surface area contributed by atoms with Crippen molar-refractivity contribution in [2.45, 2.75) is 25.0 Å². The number of anilines is 1. The Labute approximate surface area is 105 Å². The van der Waals surface area contributed by atoms with Crippen LogP contribution in [-0.2, 0) is 4.74 Å². The first-order valence-electron chi connectivity index (χ1n) is 5.94. The Morgan fingerprint density at radius 1 is 1.28 bits per heavy atom. The summed E-state index contributed by atoms with van der Waals surface area (Å²) in [5.74, 6) is 1.08. The van der Waals surface area contributed by atoms with E-state index in [1.165, 1.54) is 0 Å². The molecule has 0 spiro atoms. The van der Waals surface area contributed by atoms with Crippen LogP contribution in [-0.4, -0.2) is 34.9 Å². The zero-order chi connectivity index (χ0) is 12.7. The fourth-order valence-electron chi connectivity index (χ4n) is 2.39. The zero-order valence-corrected chi connectivity index (χ0v) is 10.5. The molecule has 0 aromatic carbocycles. The van der Waals surface area contributed by atoms with Crippen LogP contribution in [0.4, 0.5) is 5.95 Å². The molecule has 0 radical (unpaired) electrons. The van der Waals surface area contributed by atoms with Crippen molar-refractivity contribution in [3.05, 3.63) is 12.1 Å². The second-order valence-corrected chi connectivity index (χ2v) is 4.52. The molecule has 0 amide bonds. The predicted octanol–water partition coefficient (Wildman–Crippen LogP) is 1.37. The third-order valence-corrected chi connectivity index (χ3v) is 3.52. The van der Waals surface area contributed by atoms with Gasteiger partial charge in [-0.3, -0.25) is 4.57 Å². The maximum absolute atomic E-state index is 5.97. The maximum Gasteiger partial charge on any atom is 0.215 e. The number of hydrogen-bond donors (Lipinski definition) is 1. The second-order valence-electron chi connectivity index (χ2n) is 4.52. The first-order valence-corrected chi connectivity index (χ1v) is 5.94. The Morgan fingerprint density at radius 2 is 2.06 bits per heavy atom. The highest BCUT2D eigenvalue weighted by Gasteiger charge is 2.33. The van der Waals surface area contributed by atoms with Crippen LogP contribution >= 0.6 is 0 Å². The summed E-state index contributed by atoms with van der Waals surface area (Å²) in [6, 6.07) is 3.98. The van der Waals surface area contributed by atoms with E-state index in [0.29, 0.717) is 24.0 Å². The third-order valence-electron chi connectivity index (χ3n) is 3.52. The molecule has 1 saturated carbocycles. The molecule has 2 heterocycles. The number of nitrogen functional groups attached to an aromatic ring is 1. The lowest BCUT2D eigenvalue weighted by Crippen LogP contribution is -2.33. The average Bonchev–Trinajstić information content (AvgIpc) is 2.64. The normalized spacial score (nSPS) is 23.0. The number of aromatic nitrogens is 3. The number of nitrogens with two attached hydrogens (primary N) is 1. The van der Waals surface area contributed by atoms with E-state index in [9.17, 15) is 0 Å². The van der Waals surface area contributed by atoms with Gasteiger partial charge in [-0.25, -0.2) is 4.98 Å². The number of methoxy groups -OCH3 is 2. The van der Waals surface area contributed by atoms with E-state index in [0.717, 1.165) is 24.0 Å². The monoisotopic (exact) mass is 248 g/mol. The molecule has 1 aliphatic rings. The summed E-state index contributed by atoms with van der Waals surface area (Å²) in [5, 5.41) is 0. The van der Waals surface area contributed by atoms with Crippen LogP contribution in [0.5, 0.6) is 5.88 Å². The molecule has 96 valence electrons. The van der Waals surface area contributed by atoms with Gasteiger partial charge in [-0.1, -0.05) is 0 Å². The van der Waals surface area contributed by atoms with Crippen molar-refractivity contribution < 1.29 is 9.47 Å². The number of nitrogens with zero attached hydrogens (tertiary/aromatic N) is 3. The molecule has 3 rings (SSSR count). The summed E-state index contributed by atoms with van der Waals surface area (Å²) in [6.07, 6.45) is 2.22. The summed E-state index contributed by atoms with van der Waals surface area (Å²) in [4.78, 5) is 8.75. The molecule has 0 unspecified atom stereocenters. The van der Waals surface area contributed by atoms with Crippen molar-refractivity contribution in [3.63, 3.8) is 0 Å². The van der Waals surface area contributed by atoms with Crippen molar-refractivity contribution in [2.75, 3.05) is 20.0 Å². The van der Waals surface area contributed by atoms with Crippen LogP contribution in [0.15, 0.2) is 12.1 Å². The number of imidazole rings is 1. The van der Waals surface area contributed by atoms with Crippen molar-refractivity contribution >= 4 is 17.1 Å². The standard InChI is InChI=1S/C12H16N4O2/c1-17-8-5-7(6-8)16-11-9(14-12(16)13)3-4-10(15-11)18-2/h3-4,7-8H,5-6H2,1-2H3,(H2,13,14). The molecule has 6 nitrogen and oxygen atoms in total. The minimum absolute atomic E-state index is 0.317. The lowest BCUT2D eigenvalue weighted by Gasteiger charge is -2.35. The highest BCUT2D eigenvalue weighted by molar-refractivity contribution is 5.75. The SMILES string of the molecule is COc1ccc2nc(N)n(C3CC(OC)C3)c2n1. The van der Waals surface area contributed by atoms with Crippen molar-refractivity contribution in [3.8, 4) is 5.88 Å². The minimum Gasteiger partial charge on any atom is -0.481 e. The molecule has 1 fully saturated rings.